The number of fused-ring (bicyclic) bond motifs is 5. The number of rotatable bonds is 6. The first-order chi connectivity index (χ1) is 21.3. The van der Waals surface area contributed by atoms with Crippen LogP contribution in [0, 0.1) is 11.2 Å². The van der Waals surface area contributed by atoms with E-state index in [0.29, 0.717) is 50.8 Å². The Morgan fingerprint density at radius 2 is 1.50 bits per heavy atom. The van der Waals surface area contributed by atoms with Gasteiger partial charge in [-0.15, -0.1) is 0 Å². The topological polar surface area (TPSA) is 82.1 Å². The van der Waals surface area contributed by atoms with E-state index in [2.05, 4.69) is 0 Å². The molecule has 0 radical (unpaired) electrons. The maximum Gasteiger partial charge on any atom is 0.186 e. The Labute approximate surface area is 253 Å². The lowest BCUT2D eigenvalue weighted by Gasteiger charge is -2.37. The average molecular weight is 590 g/mol. The van der Waals surface area contributed by atoms with Gasteiger partial charge in [-0.2, -0.15) is 0 Å². The summed E-state index contributed by atoms with van der Waals surface area (Å²) < 4.78 is 31.2. The predicted octanol–water partition coefficient (Wildman–Crippen LogP) is 6.17. The molecule has 8 heteroatoms. The van der Waals surface area contributed by atoms with Crippen molar-refractivity contribution in [3.63, 3.8) is 0 Å². The second-order valence-electron chi connectivity index (χ2n) is 11.1. The summed E-state index contributed by atoms with van der Waals surface area (Å²) in [6, 6.07) is 21.1. The first-order valence-electron chi connectivity index (χ1n) is 14.2. The standard InChI is InChI=1S/C36H28FNO6/c1-42-23-8-6-7-21(18-23)33(39)32-31(27-14-13-24(43-2)19-29(27)44-3)36(34(40)25-9-4-5-10-26(25)35(36)41)30-16-11-20-17-22(37)12-15-28(20)38(30)32/h4-19,30-32H,1-3H3/t30-,31+,32+/m1/s1. The Morgan fingerprint density at radius 3 is 2.18 bits per heavy atom. The minimum atomic E-state index is -1.73. The van der Waals surface area contributed by atoms with Crippen LogP contribution in [0.25, 0.3) is 6.08 Å². The summed E-state index contributed by atoms with van der Waals surface area (Å²) in [7, 11) is 4.54. The molecule has 44 heavy (non-hydrogen) atoms. The van der Waals surface area contributed by atoms with E-state index >= 15 is 0 Å². The zero-order valence-electron chi connectivity index (χ0n) is 24.2. The Bertz CT molecular complexity index is 1860. The van der Waals surface area contributed by atoms with Gasteiger partial charge in [0.2, 0.25) is 0 Å². The lowest BCUT2D eigenvalue weighted by molar-refractivity contribution is 0.0664. The van der Waals surface area contributed by atoms with Crippen LogP contribution in [0.15, 0.2) is 91.0 Å². The highest BCUT2D eigenvalue weighted by molar-refractivity contribution is 6.32. The molecular formula is C36H28FNO6. The van der Waals surface area contributed by atoms with Crippen molar-refractivity contribution in [3.8, 4) is 17.2 Å². The van der Waals surface area contributed by atoms with Gasteiger partial charge in [0.25, 0.3) is 0 Å². The van der Waals surface area contributed by atoms with Gasteiger partial charge in [0.1, 0.15) is 34.5 Å². The fourth-order valence-corrected chi connectivity index (χ4v) is 7.31. The summed E-state index contributed by atoms with van der Waals surface area (Å²) in [4.78, 5) is 46.4. The molecule has 1 aliphatic carbocycles. The predicted molar refractivity (Wildman–Crippen MR) is 163 cm³/mol. The Hall–Kier alpha value is -5.24. The molecule has 0 N–H and O–H groups in total. The molecule has 0 amide bonds. The molecule has 1 saturated heterocycles. The minimum Gasteiger partial charge on any atom is -0.497 e. The van der Waals surface area contributed by atoms with Crippen LogP contribution in [0.3, 0.4) is 0 Å². The van der Waals surface area contributed by atoms with Gasteiger partial charge >= 0.3 is 0 Å². The monoisotopic (exact) mass is 589 g/mol. The number of ether oxygens (including phenoxy) is 3. The van der Waals surface area contributed by atoms with E-state index in [0.717, 1.165) is 0 Å². The number of hydrogen-bond donors (Lipinski definition) is 0. The minimum absolute atomic E-state index is 0.308. The molecule has 3 aliphatic rings. The van der Waals surface area contributed by atoms with Gasteiger partial charge in [-0.05, 0) is 36.4 Å². The Kier molecular flexibility index (Phi) is 6.39. The van der Waals surface area contributed by atoms with Crippen molar-refractivity contribution in [2.75, 3.05) is 26.2 Å². The maximum atomic E-state index is 14.9. The fourth-order valence-electron chi connectivity index (χ4n) is 7.31. The van der Waals surface area contributed by atoms with Crippen LogP contribution in [0.4, 0.5) is 10.1 Å². The highest BCUT2D eigenvalue weighted by Crippen LogP contribution is 2.62. The number of anilines is 1. The van der Waals surface area contributed by atoms with E-state index in [1.165, 1.54) is 33.5 Å². The SMILES string of the molecule is COc1cccc(C(=O)[C@@H]2[C@H](c3ccc(OC)cc3OC)C3(C(=O)c4ccccc4C3=O)[C@H]3C=Cc4cc(F)ccc4N23)c1. The van der Waals surface area contributed by atoms with Crippen LogP contribution in [0.5, 0.6) is 17.2 Å². The van der Waals surface area contributed by atoms with Crippen molar-refractivity contribution in [1.82, 2.24) is 0 Å². The number of benzene rings is 4. The quantitative estimate of drug-likeness (QED) is 0.197. The molecule has 2 aliphatic heterocycles. The van der Waals surface area contributed by atoms with Crippen LogP contribution in [0.1, 0.15) is 48.1 Å². The van der Waals surface area contributed by atoms with Crippen molar-refractivity contribution in [2.45, 2.75) is 18.0 Å². The zero-order chi connectivity index (χ0) is 30.7. The number of carbonyl (C=O) groups is 3. The molecule has 1 spiro atoms. The van der Waals surface area contributed by atoms with Crippen molar-refractivity contribution in [3.05, 3.63) is 125 Å². The molecule has 4 aromatic carbocycles. The van der Waals surface area contributed by atoms with Crippen molar-refractivity contribution in [1.29, 1.82) is 0 Å². The van der Waals surface area contributed by atoms with Crippen molar-refractivity contribution < 1.29 is 33.0 Å². The third-order valence-corrected chi connectivity index (χ3v) is 9.16. The first-order valence-corrected chi connectivity index (χ1v) is 14.2. The summed E-state index contributed by atoms with van der Waals surface area (Å²) in [6.45, 7) is 0. The summed E-state index contributed by atoms with van der Waals surface area (Å²) in [6.07, 6.45) is 3.48. The molecule has 0 aromatic heterocycles. The molecule has 220 valence electrons. The normalized spacial score (nSPS) is 20.7. The molecule has 7 rings (SSSR count). The van der Waals surface area contributed by atoms with Gasteiger partial charge in [-0.3, -0.25) is 14.4 Å². The number of carbonyl (C=O) groups excluding carboxylic acids is 3. The summed E-state index contributed by atoms with van der Waals surface area (Å²) in [5.74, 6) is -1.13. The molecule has 1 fully saturated rings. The average Bonchev–Trinajstić information content (AvgIpc) is 3.49. The summed E-state index contributed by atoms with van der Waals surface area (Å²) in [5.41, 5.74) is 0.827. The second kappa shape index (κ2) is 10.2. The van der Waals surface area contributed by atoms with Gasteiger partial charge in [-0.1, -0.05) is 54.6 Å². The van der Waals surface area contributed by atoms with Crippen LogP contribution < -0.4 is 19.1 Å². The van der Waals surface area contributed by atoms with E-state index < -0.39 is 29.2 Å². The van der Waals surface area contributed by atoms with E-state index in [4.69, 9.17) is 14.2 Å². The molecule has 4 aromatic rings. The van der Waals surface area contributed by atoms with E-state index in [-0.39, 0.29) is 17.3 Å². The lowest BCUT2D eigenvalue weighted by atomic mass is 9.64. The Morgan fingerprint density at radius 1 is 0.795 bits per heavy atom. The van der Waals surface area contributed by atoms with Crippen LogP contribution in [-0.4, -0.2) is 50.8 Å². The van der Waals surface area contributed by atoms with Crippen LogP contribution in [0.2, 0.25) is 0 Å². The molecule has 0 saturated carbocycles. The number of methoxy groups -OCH3 is 3. The molecule has 0 bridgehead atoms. The maximum absolute atomic E-state index is 14.9. The van der Waals surface area contributed by atoms with Crippen molar-refractivity contribution in [2.24, 2.45) is 5.41 Å². The van der Waals surface area contributed by atoms with Crippen LogP contribution in [-0.2, 0) is 0 Å². The molecule has 3 atom stereocenters. The number of Topliss-reactive ketones (excluding diaryl/α,β-unsaturated/α-hetero) is 3. The molecule has 0 unspecified atom stereocenters. The number of nitrogens with zero attached hydrogens (tertiary/aromatic N) is 1. The highest BCUT2D eigenvalue weighted by Gasteiger charge is 2.72. The lowest BCUT2D eigenvalue weighted by Crippen LogP contribution is -2.48. The third kappa shape index (κ3) is 3.70. The first kappa shape index (κ1) is 27.6. The molecule has 2 heterocycles. The Balaban J connectivity index is 1.57. The fraction of sp³-hybridized carbons (Fsp3) is 0.194. The van der Waals surface area contributed by atoms with E-state index in [1.807, 2.05) is 4.90 Å². The smallest absolute Gasteiger partial charge is 0.186 e. The largest absolute Gasteiger partial charge is 0.497 e. The summed E-state index contributed by atoms with van der Waals surface area (Å²) in [5, 5.41) is 0. The van der Waals surface area contributed by atoms with Gasteiger partial charge in [0.15, 0.2) is 17.3 Å². The molecular weight excluding hydrogens is 561 g/mol. The van der Waals surface area contributed by atoms with Crippen LogP contribution >= 0.6 is 0 Å². The van der Waals surface area contributed by atoms with E-state index in [9.17, 15) is 18.8 Å². The number of halogens is 1. The third-order valence-electron chi connectivity index (χ3n) is 9.16. The van der Waals surface area contributed by atoms with Gasteiger partial charge in [0, 0.05) is 45.5 Å². The van der Waals surface area contributed by atoms with Crippen molar-refractivity contribution >= 4 is 29.1 Å². The second-order valence-corrected chi connectivity index (χ2v) is 11.1. The highest BCUT2D eigenvalue weighted by atomic mass is 19.1. The number of ketones is 3. The number of hydrogen-bond acceptors (Lipinski definition) is 7. The van der Waals surface area contributed by atoms with Gasteiger partial charge < -0.3 is 19.1 Å². The summed E-state index contributed by atoms with van der Waals surface area (Å²) >= 11 is 0. The van der Waals surface area contributed by atoms with E-state index in [1.54, 1.807) is 84.9 Å². The van der Waals surface area contributed by atoms with Gasteiger partial charge in [-0.25, -0.2) is 4.39 Å². The molecule has 7 nitrogen and oxygen atoms in total. The zero-order valence-corrected chi connectivity index (χ0v) is 24.2. The van der Waals surface area contributed by atoms with Gasteiger partial charge in [0.05, 0.1) is 27.4 Å².